The van der Waals surface area contributed by atoms with E-state index >= 15 is 0 Å². The van der Waals surface area contributed by atoms with Crippen molar-refractivity contribution in [1.29, 1.82) is 0 Å². The second-order valence-electron chi connectivity index (χ2n) is 8.29. The van der Waals surface area contributed by atoms with Crippen LogP contribution < -0.4 is 5.32 Å². The fraction of sp³-hybridized carbons (Fsp3) is 0.0370. The van der Waals surface area contributed by atoms with Crippen LogP contribution in [0.4, 0.5) is 22.7 Å². The molecule has 0 aliphatic carbocycles. The van der Waals surface area contributed by atoms with Crippen molar-refractivity contribution in [2.75, 3.05) is 11.1 Å². The number of aromatic nitrogens is 2. The Labute approximate surface area is 245 Å². The first-order chi connectivity index (χ1) is 19.8. The molecule has 0 saturated heterocycles. The lowest BCUT2D eigenvalue weighted by Gasteiger charge is -2.03. The third-order valence-corrected chi connectivity index (χ3v) is 8.59. The predicted molar refractivity (Wildman–Crippen MR) is 161 cm³/mol. The summed E-state index contributed by atoms with van der Waals surface area (Å²) in [6.45, 7) is 0. The van der Waals surface area contributed by atoms with E-state index in [1.54, 1.807) is 48.8 Å². The standard InChI is InChI=1S/C27H18N6O5S3/c34-25(30-19-4-3-5-20(13-19)32(35)36)16-39-27-31-21-9-8-18(14-24(21)41-27)29-15-17-7-10-23(22(12-17)33(37)38)40-26-6-1-2-11-28-26/h1-15H,16H2,(H,30,34). The molecule has 0 fully saturated rings. The van der Waals surface area contributed by atoms with Gasteiger partial charge in [0.15, 0.2) is 4.34 Å². The fourth-order valence-electron chi connectivity index (χ4n) is 3.57. The number of non-ortho nitro benzene ring substituents is 1. The van der Waals surface area contributed by atoms with Gasteiger partial charge < -0.3 is 5.32 Å². The molecule has 0 aliphatic heterocycles. The number of thiazole rings is 1. The summed E-state index contributed by atoms with van der Waals surface area (Å²) in [4.78, 5) is 47.7. The number of nitrogens with zero attached hydrogens (tertiary/aromatic N) is 5. The zero-order chi connectivity index (χ0) is 28.8. The van der Waals surface area contributed by atoms with Gasteiger partial charge in [-0.05, 0) is 48.0 Å². The highest BCUT2D eigenvalue weighted by Gasteiger charge is 2.16. The quantitative estimate of drug-likeness (QED) is 0.0760. The molecule has 14 heteroatoms. The Bertz CT molecular complexity index is 1800. The number of hydrogen-bond donors (Lipinski definition) is 1. The number of amides is 1. The molecular formula is C27H18N6O5S3. The number of fused-ring (bicyclic) bond motifs is 1. The average molecular weight is 603 g/mol. The number of pyridine rings is 1. The summed E-state index contributed by atoms with van der Waals surface area (Å²) in [5.41, 5.74) is 2.20. The minimum Gasteiger partial charge on any atom is -0.325 e. The summed E-state index contributed by atoms with van der Waals surface area (Å²) in [5, 5.41) is 25.9. The third kappa shape index (κ3) is 7.30. The number of benzene rings is 3. The fourth-order valence-corrected chi connectivity index (χ4v) is 6.33. The van der Waals surface area contributed by atoms with Crippen LogP contribution in [-0.2, 0) is 4.79 Å². The molecule has 11 nitrogen and oxygen atoms in total. The van der Waals surface area contributed by atoms with Crippen LogP contribution in [0.15, 0.2) is 104 Å². The largest absolute Gasteiger partial charge is 0.325 e. The maximum atomic E-state index is 12.3. The number of aliphatic imine (C=N–C) groups is 1. The number of nitrogens with one attached hydrogen (secondary N) is 1. The van der Waals surface area contributed by atoms with Gasteiger partial charge in [0.1, 0.15) is 5.03 Å². The van der Waals surface area contributed by atoms with Crippen LogP contribution in [0.3, 0.4) is 0 Å². The smallest absolute Gasteiger partial charge is 0.283 e. The first-order valence-corrected chi connectivity index (χ1v) is 14.4. The zero-order valence-electron chi connectivity index (χ0n) is 20.9. The molecule has 204 valence electrons. The van der Waals surface area contributed by atoms with E-state index in [9.17, 15) is 25.0 Å². The summed E-state index contributed by atoms with van der Waals surface area (Å²) in [7, 11) is 0. The molecule has 0 unspecified atom stereocenters. The van der Waals surface area contributed by atoms with E-state index in [0.29, 0.717) is 31.2 Å². The highest BCUT2D eigenvalue weighted by molar-refractivity contribution is 8.01. The van der Waals surface area contributed by atoms with Gasteiger partial charge >= 0.3 is 0 Å². The van der Waals surface area contributed by atoms with Crippen LogP contribution in [0.1, 0.15) is 5.56 Å². The Kier molecular flexibility index (Phi) is 8.62. The van der Waals surface area contributed by atoms with E-state index in [4.69, 9.17) is 0 Å². The predicted octanol–water partition coefficient (Wildman–Crippen LogP) is 7.14. The van der Waals surface area contributed by atoms with Crippen LogP contribution >= 0.6 is 34.9 Å². The van der Waals surface area contributed by atoms with Crippen LogP contribution in [-0.4, -0.2) is 37.7 Å². The van der Waals surface area contributed by atoms with Gasteiger partial charge in [-0.2, -0.15) is 0 Å². The number of nitro groups is 2. The van der Waals surface area contributed by atoms with Crippen LogP contribution in [0.2, 0.25) is 0 Å². The van der Waals surface area contributed by atoms with Gasteiger partial charge in [-0.15, -0.1) is 11.3 Å². The maximum Gasteiger partial charge on any atom is 0.283 e. The average Bonchev–Trinajstić information content (AvgIpc) is 3.38. The molecule has 3 aromatic carbocycles. The van der Waals surface area contributed by atoms with Gasteiger partial charge in [0.2, 0.25) is 5.91 Å². The van der Waals surface area contributed by atoms with Gasteiger partial charge in [-0.3, -0.25) is 30.0 Å². The molecule has 1 N–H and O–H groups in total. The summed E-state index contributed by atoms with van der Waals surface area (Å²) >= 11 is 3.89. The molecule has 0 spiro atoms. The second kappa shape index (κ2) is 12.7. The second-order valence-corrected chi connectivity index (χ2v) is 11.6. The van der Waals surface area contributed by atoms with Gasteiger partial charge in [0.25, 0.3) is 11.4 Å². The Balaban J connectivity index is 1.24. The third-order valence-electron chi connectivity index (χ3n) is 5.41. The lowest BCUT2D eigenvalue weighted by Crippen LogP contribution is -2.13. The van der Waals surface area contributed by atoms with Crippen molar-refractivity contribution in [3.8, 4) is 0 Å². The topological polar surface area (TPSA) is 154 Å². The summed E-state index contributed by atoms with van der Waals surface area (Å²) < 4.78 is 1.56. The molecule has 41 heavy (non-hydrogen) atoms. The Morgan fingerprint density at radius 2 is 1.88 bits per heavy atom. The number of anilines is 1. The van der Waals surface area contributed by atoms with Gasteiger partial charge in [0, 0.05) is 36.3 Å². The molecule has 0 aliphatic rings. The number of hydrogen-bond acceptors (Lipinski definition) is 11. The Hall–Kier alpha value is -4.66. The highest BCUT2D eigenvalue weighted by Crippen LogP contribution is 2.35. The summed E-state index contributed by atoms with van der Waals surface area (Å²) in [5.74, 6) is -0.223. The van der Waals surface area contributed by atoms with Crippen LogP contribution in [0.5, 0.6) is 0 Å². The summed E-state index contributed by atoms with van der Waals surface area (Å²) in [6.07, 6.45) is 3.20. The number of thioether (sulfide) groups is 1. The normalized spacial score (nSPS) is 11.1. The van der Waals surface area contributed by atoms with Crippen molar-refractivity contribution in [3.05, 3.63) is 111 Å². The molecular weight excluding hydrogens is 585 g/mol. The van der Waals surface area contributed by atoms with E-state index in [0.717, 1.165) is 10.2 Å². The summed E-state index contributed by atoms with van der Waals surface area (Å²) in [6, 6.07) is 21.5. The number of carbonyl (C=O) groups is 1. The Morgan fingerprint density at radius 3 is 2.66 bits per heavy atom. The van der Waals surface area contributed by atoms with Crippen molar-refractivity contribution < 1.29 is 14.6 Å². The lowest BCUT2D eigenvalue weighted by atomic mass is 10.2. The minimum atomic E-state index is -0.520. The highest BCUT2D eigenvalue weighted by atomic mass is 32.2. The molecule has 2 aromatic heterocycles. The molecule has 5 aromatic rings. The SMILES string of the molecule is O=C(CSc1nc2ccc(N=Cc3ccc(Sc4ccccn4)c([N+](=O)[O-])c3)cc2s1)Nc1cccc([N+](=O)[O-])c1. The lowest BCUT2D eigenvalue weighted by molar-refractivity contribution is -0.387. The molecule has 0 atom stereocenters. The monoisotopic (exact) mass is 602 g/mol. The van der Waals surface area contributed by atoms with Gasteiger partial charge in [-0.1, -0.05) is 41.7 Å². The van der Waals surface area contributed by atoms with E-state index in [1.807, 2.05) is 18.2 Å². The minimum absolute atomic E-state index is 0.0290. The Morgan fingerprint density at radius 1 is 1.00 bits per heavy atom. The van der Waals surface area contributed by atoms with Crippen molar-refractivity contribution in [1.82, 2.24) is 9.97 Å². The molecule has 5 rings (SSSR count). The van der Waals surface area contributed by atoms with Crippen molar-refractivity contribution in [2.24, 2.45) is 4.99 Å². The number of nitro benzene ring substituents is 2. The van der Waals surface area contributed by atoms with Crippen molar-refractivity contribution in [2.45, 2.75) is 14.3 Å². The van der Waals surface area contributed by atoms with Crippen molar-refractivity contribution in [3.63, 3.8) is 0 Å². The molecule has 1 amide bonds. The molecule has 2 heterocycles. The molecule has 0 radical (unpaired) electrons. The molecule has 0 saturated carbocycles. The first kappa shape index (κ1) is 27.9. The zero-order valence-corrected chi connectivity index (χ0v) is 23.3. The van der Waals surface area contributed by atoms with Crippen LogP contribution in [0, 0.1) is 20.2 Å². The first-order valence-electron chi connectivity index (χ1n) is 11.8. The van der Waals surface area contributed by atoms with E-state index in [-0.39, 0.29) is 23.0 Å². The maximum absolute atomic E-state index is 12.3. The van der Waals surface area contributed by atoms with E-state index in [2.05, 4.69) is 20.3 Å². The van der Waals surface area contributed by atoms with Gasteiger partial charge in [-0.25, -0.2) is 9.97 Å². The number of rotatable bonds is 10. The number of carbonyl (C=O) groups excluding carboxylic acids is 1. The van der Waals surface area contributed by atoms with Crippen molar-refractivity contribution >= 4 is 79.9 Å². The van der Waals surface area contributed by atoms with E-state index < -0.39 is 9.85 Å². The molecule has 0 bridgehead atoms. The van der Waals surface area contributed by atoms with Crippen LogP contribution in [0.25, 0.3) is 10.2 Å². The van der Waals surface area contributed by atoms with Gasteiger partial charge in [0.05, 0.1) is 36.4 Å². The van der Waals surface area contributed by atoms with E-state index in [1.165, 1.54) is 59.1 Å².